The number of halogens is 1. The number of likely N-dealkylation sites (tertiary alicyclic amines) is 1. The lowest BCUT2D eigenvalue weighted by Crippen LogP contribution is -2.38. The third-order valence-electron chi connectivity index (χ3n) is 3.69. The summed E-state index contributed by atoms with van der Waals surface area (Å²) in [6.45, 7) is 2.65. The summed E-state index contributed by atoms with van der Waals surface area (Å²) < 4.78 is 35.5. The third-order valence-corrected chi connectivity index (χ3v) is 4.76. The second-order valence-electron chi connectivity index (χ2n) is 5.81. The molecule has 1 heterocycles. The van der Waals surface area contributed by atoms with Crippen LogP contribution in [0.2, 0.25) is 0 Å². The van der Waals surface area contributed by atoms with Crippen LogP contribution < -0.4 is 0 Å². The summed E-state index contributed by atoms with van der Waals surface area (Å²) in [5.41, 5.74) is 0.973. The minimum absolute atomic E-state index is 0.230. The van der Waals surface area contributed by atoms with Crippen LogP contribution in [-0.4, -0.2) is 45.0 Å². The lowest BCUT2D eigenvalue weighted by molar-refractivity contribution is 0.203. The Morgan fingerprint density at radius 1 is 1.33 bits per heavy atom. The van der Waals surface area contributed by atoms with Gasteiger partial charge in [-0.2, -0.15) is 0 Å². The number of sulfone groups is 1. The molecule has 0 spiro atoms. The summed E-state index contributed by atoms with van der Waals surface area (Å²) in [5, 5.41) is 0. The van der Waals surface area contributed by atoms with E-state index in [0.29, 0.717) is 0 Å². The molecule has 0 bridgehead atoms. The molecule has 0 N–H and O–H groups in total. The summed E-state index contributed by atoms with van der Waals surface area (Å²) in [6, 6.07) is 6.38. The number of rotatable bonds is 5. The number of piperidine rings is 1. The first-order valence-electron chi connectivity index (χ1n) is 7.24. The van der Waals surface area contributed by atoms with E-state index in [1.165, 1.54) is 18.4 Å². The molecule has 5 heteroatoms. The maximum Gasteiger partial charge on any atom is 0.147 e. The average molecular weight is 311 g/mol. The van der Waals surface area contributed by atoms with Crippen molar-refractivity contribution in [3.05, 3.63) is 41.7 Å². The minimum Gasteiger partial charge on any atom is -0.299 e. The van der Waals surface area contributed by atoms with Crippen LogP contribution in [-0.2, 0) is 9.84 Å². The second-order valence-corrected chi connectivity index (χ2v) is 8.00. The molecule has 1 saturated heterocycles. The molecule has 1 aliphatic rings. The summed E-state index contributed by atoms with van der Waals surface area (Å²) in [4.78, 5) is 2.28. The molecule has 1 atom stereocenters. The van der Waals surface area contributed by atoms with Crippen LogP contribution in [0.5, 0.6) is 0 Å². The van der Waals surface area contributed by atoms with Crippen molar-refractivity contribution in [1.29, 1.82) is 0 Å². The van der Waals surface area contributed by atoms with E-state index in [9.17, 15) is 12.8 Å². The molecule has 0 aromatic heterocycles. The topological polar surface area (TPSA) is 37.4 Å². The number of hydrogen-bond acceptors (Lipinski definition) is 3. The molecule has 0 saturated carbocycles. The van der Waals surface area contributed by atoms with E-state index in [1.807, 2.05) is 6.08 Å². The van der Waals surface area contributed by atoms with Crippen molar-refractivity contribution >= 4 is 15.9 Å². The van der Waals surface area contributed by atoms with Gasteiger partial charge in [0.15, 0.2) is 0 Å². The van der Waals surface area contributed by atoms with Crippen molar-refractivity contribution in [3.8, 4) is 0 Å². The van der Waals surface area contributed by atoms with Gasteiger partial charge in [-0.25, -0.2) is 12.8 Å². The van der Waals surface area contributed by atoms with E-state index in [4.69, 9.17) is 0 Å². The quantitative estimate of drug-likeness (QED) is 0.839. The minimum atomic E-state index is -2.89. The fourth-order valence-electron chi connectivity index (χ4n) is 2.79. The predicted octanol–water partition coefficient (Wildman–Crippen LogP) is 2.60. The monoisotopic (exact) mass is 311 g/mol. The van der Waals surface area contributed by atoms with Crippen molar-refractivity contribution in [2.45, 2.75) is 12.8 Å². The molecular weight excluding hydrogens is 289 g/mol. The van der Waals surface area contributed by atoms with Gasteiger partial charge in [-0.05, 0) is 43.0 Å². The van der Waals surface area contributed by atoms with Gasteiger partial charge in [-0.1, -0.05) is 24.3 Å². The van der Waals surface area contributed by atoms with E-state index in [-0.39, 0.29) is 17.5 Å². The Balaban J connectivity index is 1.84. The van der Waals surface area contributed by atoms with Gasteiger partial charge < -0.3 is 0 Å². The summed E-state index contributed by atoms with van der Waals surface area (Å²) >= 11 is 0. The fourth-order valence-corrected chi connectivity index (χ4v) is 3.92. The van der Waals surface area contributed by atoms with Crippen LogP contribution >= 0.6 is 0 Å². The molecule has 0 aliphatic carbocycles. The first kappa shape index (κ1) is 16.2. The highest BCUT2D eigenvalue weighted by Crippen LogP contribution is 2.18. The molecule has 0 radical (unpaired) electrons. The molecule has 1 aromatic carbocycles. The van der Waals surface area contributed by atoms with Gasteiger partial charge >= 0.3 is 0 Å². The van der Waals surface area contributed by atoms with Gasteiger partial charge in [0.25, 0.3) is 0 Å². The zero-order chi connectivity index (χ0) is 15.3. The SMILES string of the molecule is CS(=O)(=O)C[C@@H]1CCCN(C/C=C/c2ccc(F)cc2)C1. The maximum absolute atomic E-state index is 12.8. The van der Waals surface area contributed by atoms with E-state index in [1.54, 1.807) is 12.1 Å². The maximum atomic E-state index is 12.8. The average Bonchev–Trinajstić information content (AvgIpc) is 2.39. The van der Waals surface area contributed by atoms with Gasteiger partial charge in [0.2, 0.25) is 0 Å². The normalized spacial score (nSPS) is 21.0. The molecule has 0 unspecified atom stereocenters. The molecular formula is C16H22FNO2S. The predicted molar refractivity (Wildman–Crippen MR) is 84.3 cm³/mol. The van der Waals surface area contributed by atoms with Crippen molar-refractivity contribution in [2.75, 3.05) is 31.6 Å². The Morgan fingerprint density at radius 3 is 2.71 bits per heavy atom. The molecule has 1 aliphatic heterocycles. The Kier molecular flexibility index (Phi) is 5.53. The van der Waals surface area contributed by atoms with E-state index in [0.717, 1.165) is 38.0 Å². The van der Waals surface area contributed by atoms with Gasteiger partial charge in [0.05, 0.1) is 5.75 Å². The summed E-state index contributed by atoms with van der Waals surface area (Å²) in [6.07, 6.45) is 7.37. The van der Waals surface area contributed by atoms with Gasteiger partial charge in [-0.3, -0.25) is 4.90 Å². The van der Waals surface area contributed by atoms with Crippen molar-refractivity contribution < 1.29 is 12.8 Å². The molecule has 116 valence electrons. The van der Waals surface area contributed by atoms with Crippen LogP contribution in [0.15, 0.2) is 30.3 Å². The Labute approximate surface area is 126 Å². The van der Waals surface area contributed by atoms with Crippen molar-refractivity contribution in [2.24, 2.45) is 5.92 Å². The van der Waals surface area contributed by atoms with Gasteiger partial charge in [0.1, 0.15) is 15.7 Å². The van der Waals surface area contributed by atoms with Gasteiger partial charge in [0, 0.05) is 19.3 Å². The highest BCUT2D eigenvalue weighted by Gasteiger charge is 2.22. The third kappa shape index (κ3) is 5.98. The first-order chi connectivity index (χ1) is 9.92. The standard InChI is InChI=1S/C16H22FNO2S/c1-21(19,20)13-15-5-3-11-18(12-15)10-2-4-14-6-8-16(17)9-7-14/h2,4,6-9,15H,3,5,10-13H2,1H3/b4-2+/t15-/m1/s1. The second kappa shape index (κ2) is 7.18. The van der Waals surface area contributed by atoms with Crippen LogP contribution in [0.1, 0.15) is 18.4 Å². The van der Waals surface area contributed by atoms with E-state index in [2.05, 4.69) is 11.0 Å². The molecule has 0 amide bonds. The first-order valence-corrected chi connectivity index (χ1v) is 9.30. The number of benzene rings is 1. The van der Waals surface area contributed by atoms with E-state index < -0.39 is 9.84 Å². The van der Waals surface area contributed by atoms with Crippen LogP contribution in [0, 0.1) is 11.7 Å². The van der Waals surface area contributed by atoms with E-state index >= 15 is 0 Å². The van der Waals surface area contributed by atoms with Crippen molar-refractivity contribution in [3.63, 3.8) is 0 Å². The largest absolute Gasteiger partial charge is 0.299 e. The van der Waals surface area contributed by atoms with Crippen molar-refractivity contribution in [1.82, 2.24) is 4.90 Å². The summed E-state index contributed by atoms with van der Waals surface area (Å²) in [7, 11) is -2.89. The Hall–Kier alpha value is -1.20. The Bertz CT molecular complexity index is 581. The summed E-state index contributed by atoms with van der Waals surface area (Å²) in [5.74, 6) is 0.297. The Morgan fingerprint density at radius 2 is 2.05 bits per heavy atom. The number of hydrogen-bond donors (Lipinski definition) is 0. The van der Waals surface area contributed by atoms with Crippen LogP contribution in [0.3, 0.4) is 0 Å². The highest BCUT2D eigenvalue weighted by atomic mass is 32.2. The molecule has 3 nitrogen and oxygen atoms in total. The zero-order valence-corrected chi connectivity index (χ0v) is 13.2. The molecule has 1 fully saturated rings. The number of nitrogens with zero attached hydrogens (tertiary/aromatic N) is 1. The highest BCUT2D eigenvalue weighted by molar-refractivity contribution is 7.90. The molecule has 1 aromatic rings. The lowest BCUT2D eigenvalue weighted by Gasteiger charge is -2.31. The molecule has 21 heavy (non-hydrogen) atoms. The zero-order valence-electron chi connectivity index (χ0n) is 12.3. The van der Waals surface area contributed by atoms with Crippen LogP contribution in [0.4, 0.5) is 4.39 Å². The smallest absolute Gasteiger partial charge is 0.147 e. The van der Waals surface area contributed by atoms with Gasteiger partial charge in [-0.15, -0.1) is 0 Å². The van der Waals surface area contributed by atoms with Crippen LogP contribution in [0.25, 0.3) is 6.08 Å². The molecule has 2 rings (SSSR count). The lowest BCUT2D eigenvalue weighted by atomic mass is 10.00. The fraction of sp³-hybridized carbons (Fsp3) is 0.500.